The molecule has 14 heavy (non-hydrogen) atoms. The molecule has 2 heterocycles. The Morgan fingerprint density at radius 3 is 3.00 bits per heavy atom. The topological polar surface area (TPSA) is 56.9 Å². The molecule has 0 aliphatic carbocycles. The number of benzene rings is 1. The minimum absolute atomic E-state index is 0.0950. The first-order valence-corrected chi connectivity index (χ1v) is 4.49. The molecular formula is C10H9N3O. The summed E-state index contributed by atoms with van der Waals surface area (Å²) in [6, 6.07) is 7.92. The summed E-state index contributed by atoms with van der Waals surface area (Å²) in [6.07, 6.45) is 0. The Morgan fingerprint density at radius 2 is 2.07 bits per heavy atom. The maximum Gasteiger partial charge on any atom is 0.282 e. The fourth-order valence-corrected chi connectivity index (χ4v) is 1.85. The standard InChI is InChI=1S/C10H9N3O/c14-10-9-7(5-11-13-10)6-3-1-2-4-8(6)12-9/h1-4,11-12H,5H2,(H,13,14). The van der Waals surface area contributed by atoms with Crippen LogP contribution in [0.15, 0.2) is 24.3 Å². The lowest BCUT2D eigenvalue weighted by Gasteiger charge is -2.13. The van der Waals surface area contributed by atoms with Crippen molar-refractivity contribution in [3.8, 4) is 0 Å². The zero-order valence-electron chi connectivity index (χ0n) is 7.42. The number of carbonyl (C=O) groups excluding carboxylic acids is 1. The molecule has 0 bridgehead atoms. The van der Waals surface area contributed by atoms with Crippen LogP contribution in [0.1, 0.15) is 16.1 Å². The van der Waals surface area contributed by atoms with Gasteiger partial charge in [0, 0.05) is 23.0 Å². The number of aromatic nitrogens is 1. The smallest absolute Gasteiger partial charge is 0.282 e. The highest BCUT2D eigenvalue weighted by molar-refractivity contribution is 6.01. The molecule has 1 aromatic carbocycles. The molecule has 3 rings (SSSR count). The van der Waals surface area contributed by atoms with Crippen molar-refractivity contribution in [3.63, 3.8) is 0 Å². The Hall–Kier alpha value is -1.81. The van der Waals surface area contributed by atoms with Crippen molar-refractivity contribution in [2.45, 2.75) is 6.54 Å². The first-order valence-electron chi connectivity index (χ1n) is 4.49. The summed E-state index contributed by atoms with van der Waals surface area (Å²) >= 11 is 0. The van der Waals surface area contributed by atoms with E-state index in [9.17, 15) is 4.79 Å². The molecule has 1 aromatic heterocycles. The molecule has 4 nitrogen and oxygen atoms in total. The minimum atomic E-state index is -0.0950. The highest BCUT2D eigenvalue weighted by atomic mass is 16.2. The van der Waals surface area contributed by atoms with Crippen molar-refractivity contribution in [3.05, 3.63) is 35.5 Å². The molecule has 0 fully saturated rings. The van der Waals surface area contributed by atoms with Crippen LogP contribution >= 0.6 is 0 Å². The Labute approximate surface area is 80.3 Å². The van der Waals surface area contributed by atoms with Gasteiger partial charge in [-0.3, -0.25) is 10.2 Å². The molecule has 0 saturated carbocycles. The Kier molecular flexibility index (Phi) is 1.40. The van der Waals surface area contributed by atoms with Gasteiger partial charge >= 0.3 is 0 Å². The van der Waals surface area contributed by atoms with Gasteiger partial charge in [-0.15, -0.1) is 0 Å². The second-order valence-electron chi connectivity index (χ2n) is 3.33. The van der Waals surface area contributed by atoms with Gasteiger partial charge in [0.1, 0.15) is 5.69 Å². The van der Waals surface area contributed by atoms with Crippen molar-refractivity contribution in [2.75, 3.05) is 0 Å². The van der Waals surface area contributed by atoms with Crippen LogP contribution < -0.4 is 10.9 Å². The molecular weight excluding hydrogens is 178 g/mol. The van der Waals surface area contributed by atoms with Gasteiger partial charge in [-0.2, -0.15) is 0 Å². The van der Waals surface area contributed by atoms with E-state index >= 15 is 0 Å². The Morgan fingerprint density at radius 1 is 1.21 bits per heavy atom. The zero-order valence-corrected chi connectivity index (χ0v) is 7.42. The summed E-state index contributed by atoms with van der Waals surface area (Å²) in [7, 11) is 0. The third-order valence-electron chi connectivity index (χ3n) is 2.51. The van der Waals surface area contributed by atoms with Crippen molar-refractivity contribution >= 4 is 16.8 Å². The van der Waals surface area contributed by atoms with Gasteiger partial charge in [-0.05, 0) is 6.07 Å². The number of hydrazine groups is 1. The molecule has 0 spiro atoms. The van der Waals surface area contributed by atoms with Gasteiger partial charge in [0.05, 0.1) is 0 Å². The van der Waals surface area contributed by atoms with Gasteiger partial charge in [-0.25, -0.2) is 5.43 Å². The molecule has 3 N–H and O–H groups in total. The molecule has 0 radical (unpaired) electrons. The van der Waals surface area contributed by atoms with E-state index in [0.29, 0.717) is 12.2 Å². The van der Waals surface area contributed by atoms with Crippen LogP contribution in [0.4, 0.5) is 0 Å². The maximum atomic E-state index is 11.5. The van der Waals surface area contributed by atoms with Crippen LogP contribution in [0.3, 0.4) is 0 Å². The number of hydrogen-bond acceptors (Lipinski definition) is 2. The van der Waals surface area contributed by atoms with Crippen LogP contribution in [0.25, 0.3) is 10.9 Å². The van der Waals surface area contributed by atoms with Crippen molar-refractivity contribution in [1.29, 1.82) is 0 Å². The van der Waals surface area contributed by atoms with Gasteiger partial charge in [0.25, 0.3) is 5.91 Å². The number of aromatic amines is 1. The fraction of sp³-hybridized carbons (Fsp3) is 0.100. The van der Waals surface area contributed by atoms with Crippen LogP contribution in [0.2, 0.25) is 0 Å². The van der Waals surface area contributed by atoms with E-state index in [1.54, 1.807) is 0 Å². The van der Waals surface area contributed by atoms with E-state index in [1.165, 1.54) is 0 Å². The minimum Gasteiger partial charge on any atom is -0.350 e. The number of carbonyl (C=O) groups is 1. The summed E-state index contributed by atoms with van der Waals surface area (Å²) in [5.41, 5.74) is 8.16. The van der Waals surface area contributed by atoms with Gasteiger partial charge in [-0.1, -0.05) is 18.2 Å². The molecule has 4 heteroatoms. The summed E-state index contributed by atoms with van der Waals surface area (Å²) < 4.78 is 0. The lowest BCUT2D eigenvalue weighted by Crippen LogP contribution is -2.41. The number of hydrogen-bond donors (Lipinski definition) is 3. The van der Waals surface area contributed by atoms with Crippen LogP contribution in [-0.4, -0.2) is 10.9 Å². The first-order chi connectivity index (χ1) is 6.86. The highest BCUT2D eigenvalue weighted by Gasteiger charge is 2.20. The van der Waals surface area contributed by atoms with Crippen molar-refractivity contribution < 1.29 is 4.79 Å². The van der Waals surface area contributed by atoms with Crippen molar-refractivity contribution in [1.82, 2.24) is 15.8 Å². The molecule has 70 valence electrons. The van der Waals surface area contributed by atoms with E-state index in [1.807, 2.05) is 24.3 Å². The predicted octanol–water partition coefficient (Wildman–Crippen LogP) is 0.916. The third-order valence-corrected chi connectivity index (χ3v) is 2.51. The van der Waals surface area contributed by atoms with E-state index in [-0.39, 0.29) is 5.91 Å². The lowest BCUT2D eigenvalue weighted by atomic mass is 10.1. The summed E-state index contributed by atoms with van der Waals surface area (Å²) in [5.74, 6) is -0.0950. The van der Waals surface area contributed by atoms with Gasteiger partial charge in [0.15, 0.2) is 0 Å². The molecule has 0 unspecified atom stereocenters. The van der Waals surface area contributed by atoms with Crippen LogP contribution in [0, 0.1) is 0 Å². The van der Waals surface area contributed by atoms with Gasteiger partial charge in [0.2, 0.25) is 0 Å². The largest absolute Gasteiger partial charge is 0.350 e. The molecule has 1 aliphatic rings. The second-order valence-corrected chi connectivity index (χ2v) is 3.33. The number of para-hydroxylation sites is 1. The monoisotopic (exact) mass is 187 g/mol. The van der Waals surface area contributed by atoms with E-state index < -0.39 is 0 Å². The number of fused-ring (bicyclic) bond motifs is 3. The number of nitrogens with one attached hydrogen (secondary N) is 3. The maximum absolute atomic E-state index is 11.5. The normalized spacial score (nSPS) is 15.3. The number of rotatable bonds is 0. The number of amides is 1. The van der Waals surface area contributed by atoms with Crippen LogP contribution in [-0.2, 0) is 6.54 Å². The molecule has 0 saturated heterocycles. The average molecular weight is 187 g/mol. The lowest BCUT2D eigenvalue weighted by molar-refractivity contribution is 0.0916. The SMILES string of the molecule is O=C1NNCc2c1[nH]c1ccccc21. The summed E-state index contributed by atoms with van der Waals surface area (Å²) in [4.78, 5) is 14.6. The van der Waals surface area contributed by atoms with Crippen molar-refractivity contribution in [2.24, 2.45) is 0 Å². The van der Waals surface area contributed by atoms with E-state index in [4.69, 9.17) is 0 Å². The summed E-state index contributed by atoms with van der Waals surface area (Å²) in [5, 5.41) is 1.12. The van der Waals surface area contributed by atoms with Crippen LogP contribution in [0.5, 0.6) is 0 Å². The molecule has 2 aromatic rings. The summed E-state index contributed by atoms with van der Waals surface area (Å²) in [6.45, 7) is 0.672. The van der Waals surface area contributed by atoms with Gasteiger partial charge < -0.3 is 4.98 Å². The molecule has 1 aliphatic heterocycles. The third kappa shape index (κ3) is 0.885. The fourth-order valence-electron chi connectivity index (χ4n) is 1.85. The van der Waals surface area contributed by atoms with E-state index in [0.717, 1.165) is 16.5 Å². The quantitative estimate of drug-likeness (QED) is 0.574. The Balaban J connectivity index is 2.38. The molecule has 0 atom stereocenters. The Bertz CT molecular complexity index is 515. The second kappa shape index (κ2) is 2.59. The predicted molar refractivity (Wildman–Crippen MR) is 52.6 cm³/mol. The average Bonchev–Trinajstić information content (AvgIpc) is 2.59. The molecule has 1 amide bonds. The van der Waals surface area contributed by atoms with E-state index in [2.05, 4.69) is 15.8 Å². The number of H-pyrrole nitrogens is 1. The zero-order chi connectivity index (χ0) is 9.54. The highest BCUT2D eigenvalue weighted by Crippen LogP contribution is 2.23. The first kappa shape index (κ1) is 7.58.